The molecule has 1 aromatic heterocycles. The number of hydrogen-bond acceptors (Lipinski definition) is 5. The van der Waals surface area contributed by atoms with Gasteiger partial charge in [-0.05, 0) is 35.4 Å². The third-order valence-electron chi connectivity index (χ3n) is 4.41. The van der Waals surface area contributed by atoms with Gasteiger partial charge in [-0.3, -0.25) is 4.79 Å². The Bertz CT molecular complexity index is 972. The minimum Gasteiger partial charge on any atom is -0.489 e. The topological polar surface area (TPSA) is 63.3 Å². The molecule has 0 saturated carbocycles. The number of carbonyl (C=O) groups is 1. The van der Waals surface area contributed by atoms with Gasteiger partial charge in [0.15, 0.2) is 5.13 Å². The van der Waals surface area contributed by atoms with Crippen molar-refractivity contribution in [1.29, 1.82) is 0 Å². The van der Waals surface area contributed by atoms with Crippen LogP contribution in [-0.4, -0.2) is 17.9 Å². The lowest BCUT2D eigenvalue weighted by molar-refractivity contribution is -0.116. The first-order valence-corrected chi connectivity index (χ1v) is 9.39. The number of carbonyl (C=O) groups excluding carboxylic acids is 1. The molecule has 0 spiro atoms. The van der Waals surface area contributed by atoms with Crippen LogP contribution in [0.5, 0.6) is 5.75 Å². The van der Waals surface area contributed by atoms with E-state index in [1.165, 1.54) is 12.1 Å². The first-order chi connectivity index (χ1) is 13.1. The SMILES string of the molecule is CNc1nc2c(s1)C(c1cccc(OCc3ccc(F)cc3)c1)CC(=O)N2. The first kappa shape index (κ1) is 17.5. The largest absolute Gasteiger partial charge is 0.489 e. The molecule has 3 aromatic rings. The molecule has 1 atom stereocenters. The number of amides is 1. The molecule has 0 bridgehead atoms. The maximum Gasteiger partial charge on any atom is 0.226 e. The molecule has 2 heterocycles. The Labute approximate surface area is 160 Å². The third kappa shape index (κ3) is 3.78. The summed E-state index contributed by atoms with van der Waals surface area (Å²) in [4.78, 5) is 17.6. The molecule has 5 nitrogen and oxygen atoms in total. The highest BCUT2D eigenvalue weighted by atomic mass is 32.1. The molecular weight excluding hydrogens is 365 g/mol. The minimum atomic E-state index is -0.266. The Kier molecular flexibility index (Phi) is 4.77. The van der Waals surface area contributed by atoms with Crippen LogP contribution >= 0.6 is 11.3 Å². The zero-order valence-corrected chi connectivity index (χ0v) is 15.5. The number of fused-ring (bicyclic) bond motifs is 1. The van der Waals surface area contributed by atoms with E-state index in [9.17, 15) is 9.18 Å². The summed E-state index contributed by atoms with van der Waals surface area (Å²) >= 11 is 1.54. The maximum atomic E-state index is 13.0. The number of nitrogens with zero attached hydrogens (tertiary/aromatic N) is 1. The number of hydrogen-bond donors (Lipinski definition) is 2. The van der Waals surface area contributed by atoms with Crippen LogP contribution in [-0.2, 0) is 11.4 Å². The van der Waals surface area contributed by atoms with E-state index in [4.69, 9.17) is 4.74 Å². The summed E-state index contributed by atoms with van der Waals surface area (Å²) in [6.07, 6.45) is 0.375. The van der Waals surface area contributed by atoms with Crippen molar-refractivity contribution in [3.8, 4) is 5.75 Å². The fourth-order valence-corrected chi connectivity index (χ4v) is 4.07. The van der Waals surface area contributed by atoms with Gasteiger partial charge in [-0.25, -0.2) is 9.37 Å². The average Bonchev–Trinajstić information content (AvgIpc) is 3.10. The number of thiazole rings is 1. The smallest absolute Gasteiger partial charge is 0.226 e. The summed E-state index contributed by atoms with van der Waals surface area (Å²) < 4.78 is 18.9. The van der Waals surface area contributed by atoms with Gasteiger partial charge >= 0.3 is 0 Å². The lowest BCUT2D eigenvalue weighted by Gasteiger charge is -2.22. The lowest BCUT2D eigenvalue weighted by atomic mass is 9.91. The van der Waals surface area contributed by atoms with Gasteiger partial charge in [0.05, 0.1) is 4.88 Å². The number of ether oxygens (including phenoxy) is 1. The fourth-order valence-electron chi connectivity index (χ4n) is 3.06. The van der Waals surface area contributed by atoms with Gasteiger partial charge < -0.3 is 15.4 Å². The van der Waals surface area contributed by atoms with Crippen molar-refractivity contribution in [3.05, 3.63) is 70.4 Å². The lowest BCUT2D eigenvalue weighted by Crippen LogP contribution is -2.22. The molecule has 27 heavy (non-hydrogen) atoms. The fraction of sp³-hybridized carbons (Fsp3) is 0.200. The number of aromatic nitrogens is 1. The average molecular weight is 383 g/mol. The van der Waals surface area contributed by atoms with Gasteiger partial charge in [-0.2, -0.15) is 0 Å². The molecule has 4 rings (SSSR count). The van der Waals surface area contributed by atoms with E-state index in [0.29, 0.717) is 24.6 Å². The molecule has 0 aliphatic carbocycles. The molecule has 0 saturated heterocycles. The van der Waals surface area contributed by atoms with Crippen LogP contribution in [0.3, 0.4) is 0 Å². The number of rotatable bonds is 5. The van der Waals surface area contributed by atoms with Crippen LogP contribution in [0.2, 0.25) is 0 Å². The monoisotopic (exact) mass is 383 g/mol. The minimum absolute atomic E-state index is 0.0434. The van der Waals surface area contributed by atoms with Gasteiger partial charge in [-0.15, -0.1) is 0 Å². The van der Waals surface area contributed by atoms with E-state index in [0.717, 1.165) is 21.1 Å². The van der Waals surface area contributed by atoms with Gasteiger partial charge in [0.2, 0.25) is 5.91 Å². The van der Waals surface area contributed by atoms with Crippen LogP contribution in [0.4, 0.5) is 15.3 Å². The standard InChI is InChI=1S/C20H18FN3O2S/c1-22-20-24-19-18(27-20)16(10-17(25)23-19)13-3-2-4-15(9-13)26-11-12-5-7-14(21)8-6-12/h2-9,16H,10-11H2,1H3,(H,22,24)(H,23,25). The number of anilines is 2. The molecular formula is C20H18FN3O2S. The molecule has 2 aromatic carbocycles. The number of halogens is 1. The van der Waals surface area contributed by atoms with Crippen molar-refractivity contribution < 1.29 is 13.9 Å². The van der Waals surface area contributed by atoms with E-state index in [-0.39, 0.29) is 17.6 Å². The highest BCUT2D eigenvalue weighted by Gasteiger charge is 2.30. The number of benzene rings is 2. The molecule has 7 heteroatoms. The highest BCUT2D eigenvalue weighted by molar-refractivity contribution is 7.16. The molecule has 1 unspecified atom stereocenters. The van der Waals surface area contributed by atoms with Crippen molar-refractivity contribution in [2.75, 3.05) is 17.7 Å². The van der Waals surface area contributed by atoms with Crippen LogP contribution in [0.25, 0.3) is 0 Å². The third-order valence-corrected chi connectivity index (χ3v) is 5.60. The Balaban J connectivity index is 1.56. The van der Waals surface area contributed by atoms with Crippen LogP contribution < -0.4 is 15.4 Å². The maximum absolute atomic E-state index is 13.0. The predicted octanol–water partition coefficient (Wildman–Crippen LogP) is 4.38. The van der Waals surface area contributed by atoms with Gasteiger partial charge in [0.25, 0.3) is 0 Å². The summed E-state index contributed by atoms with van der Waals surface area (Å²) in [5.41, 5.74) is 1.90. The van der Waals surface area contributed by atoms with Crippen molar-refractivity contribution in [2.45, 2.75) is 18.9 Å². The van der Waals surface area contributed by atoms with Gasteiger partial charge in [0.1, 0.15) is 24.0 Å². The molecule has 0 fully saturated rings. The van der Waals surface area contributed by atoms with Gasteiger partial charge in [0, 0.05) is 19.4 Å². The van der Waals surface area contributed by atoms with Crippen LogP contribution in [0.15, 0.2) is 48.5 Å². The molecule has 1 aliphatic heterocycles. The molecule has 2 N–H and O–H groups in total. The van der Waals surface area contributed by atoms with Crippen molar-refractivity contribution in [2.24, 2.45) is 0 Å². The summed E-state index contributed by atoms with van der Waals surface area (Å²) in [5, 5.41) is 6.64. The molecule has 1 amide bonds. The van der Waals surface area contributed by atoms with E-state index in [1.807, 2.05) is 31.3 Å². The normalized spacial score (nSPS) is 15.8. The van der Waals surface area contributed by atoms with Crippen molar-refractivity contribution in [1.82, 2.24) is 4.98 Å². The highest BCUT2D eigenvalue weighted by Crippen LogP contribution is 2.42. The van der Waals surface area contributed by atoms with Crippen molar-refractivity contribution in [3.63, 3.8) is 0 Å². The molecule has 1 aliphatic rings. The van der Waals surface area contributed by atoms with E-state index < -0.39 is 0 Å². The first-order valence-electron chi connectivity index (χ1n) is 8.58. The van der Waals surface area contributed by atoms with Gasteiger partial charge in [-0.1, -0.05) is 35.6 Å². The second kappa shape index (κ2) is 7.36. The zero-order valence-electron chi connectivity index (χ0n) is 14.7. The van der Waals surface area contributed by atoms with E-state index >= 15 is 0 Å². The number of nitrogens with one attached hydrogen (secondary N) is 2. The Morgan fingerprint density at radius 3 is 2.89 bits per heavy atom. The predicted molar refractivity (Wildman–Crippen MR) is 104 cm³/mol. The van der Waals surface area contributed by atoms with Crippen LogP contribution in [0, 0.1) is 5.82 Å². The Morgan fingerprint density at radius 2 is 2.11 bits per heavy atom. The second-order valence-electron chi connectivity index (χ2n) is 6.27. The van der Waals surface area contributed by atoms with E-state index in [1.54, 1.807) is 23.5 Å². The van der Waals surface area contributed by atoms with Crippen LogP contribution in [0.1, 0.15) is 28.3 Å². The second-order valence-corrected chi connectivity index (χ2v) is 7.31. The summed E-state index contributed by atoms with van der Waals surface area (Å²) in [6.45, 7) is 0.352. The summed E-state index contributed by atoms with van der Waals surface area (Å²) in [6, 6.07) is 14.0. The van der Waals surface area contributed by atoms with E-state index in [2.05, 4.69) is 15.6 Å². The zero-order chi connectivity index (χ0) is 18.8. The molecule has 138 valence electrons. The Hall–Kier alpha value is -2.93. The Morgan fingerprint density at radius 1 is 1.30 bits per heavy atom. The summed E-state index contributed by atoms with van der Waals surface area (Å²) in [7, 11) is 1.81. The summed E-state index contributed by atoms with van der Waals surface area (Å²) in [5.74, 6) is 0.976. The molecule has 0 radical (unpaired) electrons. The quantitative estimate of drug-likeness (QED) is 0.686. The van der Waals surface area contributed by atoms with Crippen molar-refractivity contribution >= 4 is 28.2 Å².